The van der Waals surface area contributed by atoms with Crippen molar-refractivity contribution < 1.29 is 14.5 Å². The van der Waals surface area contributed by atoms with Gasteiger partial charge in [-0.05, 0) is 48.1 Å². The van der Waals surface area contributed by atoms with Gasteiger partial charge >= 0.3 is 0 Å². The van der Waals surface area contributed by atoms with Gasteiger partial charge in [0.05, 0.1) is 23.0 Å². The molecule has 0 fully saturated rings. The Kier molecular flexibility index (Phi) is 6.32. The van der Waals surface area contributed by atoms with E-state index >= 15 is 0 Å². The van der Waals surface area contributed by atoms with Crippen molar-refractivity contribution in [3.05, 3.63) is 87.5 Å². The predicted molar refractivity (Wildman–Crippen MR) is 127 cm³/mol. The van der Waals surface area contributed by atoms with E-state index in [9.17, 15) is 14.9 Å². The number of nitrogens with one attached hydrogen (secondary N) is 1. The van der Waals surface area contributed by atoms with E-state index in [0.29, 0.717) is 16.3 Å². The van der Waals surface area contributed by atoms with Gasteiger partial charge in [0, 0.05) is 24.5 Å². The van der Waals surface area contributed by atoms with Crippen LogP contribution in [0.4, 0.5) is 17.1 Å². The van der Waals surface area contributed by atoms with Gasteiger partial charge in [0.2, 0.25) is 0 Å². The van der Waals surface area contributed by atoms with Crippen molar-refractivity contribution in [1.82, 2.24) is 0 Å². The highest BCUT2D eigenvalue weighted by Gasteiger charge is 2.24. The fraction of sp³-hybridized carbons (Fsp3) is 0.208. The third-order valence-corrected chi connectivity index (χ3v) is 6.27. The number of thioether (sulfide) groups is 1. The lowest BCUT2D eigenvalue weighted by Gasteiger charge is -2.19. The minimum atomic E-state index is -0.571. The second-order valence-corrected chi connectivity index (χ2v) is 8.28. The van der Waals surface area contributed by atoms with E-state index in [1.807, 2.05) is 30.5 Å². The van der Waals surface area contributed by atoms with Crippen molar-refractivity contribution in [3.8, 4) is 5.75 Å². The quantitative estimate of drug-likeness (QED) is 0.305. The molecule has 4 rings (SSSR count). The van der Waals surface area contributed by atoms with Gasteiger partial charge < -0.3 is 15.0 Å². The largest absolute Gasteiger partial charge is 0.495 e. The molecule has 8 heteroatoms. The van der Waals surface area contributed by atoms with E-state index < -0.39 is 10.8 Å². The molecule has 0 atom stereocenters. The fourth-order valence-electron chi connectivity index (χ4n) is 3.88. The molecule has 1 N–H and O–H groups in total. The predicted octanol–water partition coefficient (Wildman–Crippen LogP) is 5.14. The first kappa shape index (κ1) is 21.7. The Balaban J connectivity index is 1.49. The van der Waals surface area contributed by atoms with Crippen LogP contribution in [-0.4, -0.2) is 30.7 Å². The van der Waals surface area contributed by atoms with Crippen LogP contribution in [0.2, 0.25) is 0 Å². The number of ether oxygens (including phenoxy) is 1. The summed E-state index contributed by atoms with van der Waals surface area (Å²) in [5, 5.41) is 14.3. The Morgan fingerprint density at radius 1 is 1.19 bits per heavy atom. The standard InChI is InChI=1S/C24H23N3O4S/c1-31-22-14-21(27(29)30)19(13-23(22)32-2)24(28)25-18-9-7-16(8-10-18)15-26-12-11-17-5-3-4-6-20(17)26/h3-10,13-14H,11-12,15H2,1-2H3,(H,25,28). The molecule has 1 heterocycles. The molecule has 1 amide bonds. The first-order valence-electron chi connectivity index (χ1n) is 10.1. The van der Waals surface area contributed by atoms with Gasteiger partial charge in [-0.1, -0.05) is 30.3 Å². The fourth-order valence-corrected chi connectivity index (χ4v) is 4.46. The molecule has 3 aromatic carbocycles. The number of carbonyl (C=O) groups is 1. The maximum absolute atomic E-state index is 12.8. The van der Waals surface area contributed by atoms with Crippen LogP contribution in [0.3, 0.4) is 0 Å². The van der Waals surface area contributed by atoms with Crippen molar-refractivity contribution >= 4 is 34.7 Å². The summed E-state index contributed by atoms with van der Waals surface area (Å²) in [6, 6.07) is 18.8. The summed E-state index contributed by atoms with van der Waals surface area (Å²) in [6.45, 7) is 1.77. The molecule has 0 saturated carbocycles. The second-order valence-electron chi connectivity index (χ2n) is 7.43. The van der Waals surface area contributed by atoms with Crippen LogP contribution in [0, 0.1) is 10.1 Å². The van der Waals surface area contributed by atoms with Gasteiger partial charge in [0.1, 0.15) is 11.3 Å². The zero-order chi connectivity index (χ0) is 22.7. The van der Waals surface area contributed by atoms with Gasteiger partial charge in [0.25, 0.3) is 11.6 Å². The van der Waals surface area contributed by atoms with E-state index in [-0.39, 0.29) is 11.3 Å². The minimum Gasteiger partial charge on any atom is -0.495 e. The molecule has 0 unspecified atom stereocenters. The van der Waals surface area contributed by atoms with Crippen LogP contribution in [0.1, 0.15) is 21.5 Å². The van der Waals surface area contributed by atoms with E-state index in [4.69, 9.17) is 4.74 Å². The summed E-state index contributed by atoms with van der Waals surface area (Å²) < 4.78 is 5.21. The smallest absolute Gasteiger partial charge is 0.285 e. The van der Waals surface area contributed by atoms with Crippen LogP contribution < -0.4 is 15.0 Å². The van der Waals surface area contributed by atoms with Gasteiger partial charge in [-0.15, -0.1) is 11.8 Å². The first-order valence-corrected chi connectivity index (χ1v) is 11.4. The number of fused-ring (bicyclic) bond motifs is 1. The lowest BCUT2D eigenvalue weighted by Crippen LogP contribution is -2.19. The molecule has 1 aliphatic rings. The average Bonchev–Trinajstić information content (AvgIpc) is 3.22. The molecule has 0 aliphatic carbocycles. The summed E-state index contributed by atoms with van der Waals surface area (Å²) in [5.41, 5.74) is 4.04. The number of anilines is 2. The molecule has 7 nitrogen and oxygen atoms in total. The zero-order valence-corrected chi connectivity index (χ0v) is 18.6. The number of hydrogen-bond donors (Lipinski definition) is 1. The number of nitro groups is 1. The third-order valence-electron chi connectivity index (χ3n) is 5.51. The molecule has 164 valence electrons. The number of hydrogen-bond acceptors (Lipinski definition) is 6. The first-order chi connectivity index (χ1) is 15.5. The summed E-state index contributed by atoms with van der Waals surface area (Å²) >= 11 is 1.36. The number of nitro benzene ring substituents is 1. The van der Waals surface area contributed by atoms with Crippen molar-refractivity contribution in [2.45, 2.75) is 17.9 Å². The van der Waals surface area contributed by atoms with Crippen LogP contribution in [-0.2, 0) is 13.0 Å². The van der Waals surface area contributed by atoms with E-state index in [2.05, 4.69) is 34.5 Å². The number of nitrogens with zero attached hydrogens (tertiary/aromatic N) is 2. The highest BCUT2D eigenvalue weighted by molar-refractivity contribution is 7.98. The second kappa shape index (κ2) is 9.32. The molecule has 0 bridgehead atoms. The Morgan fingerprint density at radius 2 is 1.94 bits per heavy atom. The highest BCUT2D eigenvalue weighted by Crippen LogP contribution is 2.35. The van der Waals surface area contributed by atoms with Crippen LogP contribution in [0.25, 0.3) is 0 Å². The molecule has 0 aromatic heterocycles. The van der Waals surface area contributed by atoms with E-state index in [1.54, 1.807) is 0 Å². The van der Waals surface area contributed by atoms with Gasteiger partial charge in [-0.2, -0.15) is 0 Å². The molecule has 3 aromatic rings. The molecule has 0 radical (unpaired) electrons. The third kappa shape index (κ3) is 4.40. The number of para-hydroxylation sites is 1. The zero-order valence-electron chi connectivity index (χ0n) is 17.8. The number of amides is 1. The van der Waals surface area contributed by atoms with E-state index in [0.717, 1.165) is 25.1 Å². The molecule has 0 saturated heterocycles. The lowest BCUT2D eigenvalue weighted by atomic mass is 10.1. The summed E-state index contributed by atoms with van der Waals surface area (Å²) in [5.74, 6) is -0.163. The molecule has 1 aliphatic heterocycles. The van der Waals surface area contributed by atoms with Crippen molar-refractivity contribution in [2.75, 3.05) is 30.1 Å². The summed E-state index contributed by atoms with van der Waals surface area (Å²) in [4.78, 5) is 26.8. The Morgan fingerprint density at radius 3 is 2.62 bits per heavy atom. The number of methoxy groups -OCH3 is 1. The maximum atomic E-state index is 12.8. The molecule has 0 spiro atoms. The number of rotatable bonds is 7. The van der Waals surface area contributed by atoms with Gasteiger partial charge in [0.15, 0.2) is 0 Å². The minimum absolute atomic E-state index is 0.00194. The molecule has 32 heavy (non-hydrogen) atoms. The Bertz CT molecular complexity index is 1160. The van der Waals surface area contributed by atoms with Crippen molar-refractivity contribution in [3.63, 3.8) is 0 Å². The molecular formula is C24H23N3O4S. The van der Waals surface area contributed by atoms with Crippen molar-refractivity contribution in [2.24, 2.45) is 0 Å². The SMILES string of the molecule is COc1cc([N+](=O)[O-])c(C(=O)Nc2ccc(CN3CCc4ccccc43)cc2)cc1SC. The maximum Gasteiger partial charge on any atom is 0.285 e. The summed E-state index contributed by atoms with van der Waals surface area (Å²) in [7, 11) is 1.45. The normalized spacial score (nSPS) is 12.4. The van der Waals surface area contributed by atoms with Crippen LogP contribution >= 0.6 is 11.8 Å². The van der Waals surface area contributed by atoms with Gasteiger partial charge in [-0.25, -0.2) is 0 Å². The van der Waals surface area contributed by atoms with Crippen LogP contribution in [0.15, 0.2) is 65.6 Å². The average molecular weight is 450 g/mol. The lowest BCUT2D eigenvalue weighted by molar-refractivity contribution is -0.385. The summed E-state index contributed by atoms with van der Waals surface area (Å²) in [6.07, 6.45) is 2.87. The monoisotopic (exact) mass is 449 g/mol. The van der Waals surface area contributed by atoms with Crippen LogP contribution in [0.5, 0.6) is 5.75 Å². The number of benzene rings is 3. The Labute approximate surface area is 190 Å². The van der Waals surface area contributed by atoms with E-state index in [1.165, 1.54) is 42.3 Å². The highest BCUT2D eigenvalue weighted by atomic mass is 32.2. The molecular weight excluding hydrogens is 426 g/mol. The topological polar surface area (TPSA) is 84.7 Å². The van der Waals surface area contributed by atoms with Gasteiger partial charge in [-0.3, -0.25) is 14.9 Å². The number of carbonyl (C=O) groups excluding carboxylic acids is 1. The van der Waals surface area contributed by atoms with Crippen molar-refractivity contribution in [1.29, 1.82) is 0 Å². The Hall–Kier alpha value is -3.52.